The van der Waals surface area contributed by atoms with Crippen molar-refractivity contribution < 1.29 is 9.53 Å². The monoisotopic (exact) mass is 291 g/mol. The van der Waals surface area contributed by atoms with Crippen LogP contribution >= 0.6 is 11.6 Å². The van der Waals surface area contributed by atoms with Crippen molar-refractivity contribution in [2.75, 3.05) is 13.7 Å². The topological polar surface area (TPSA) is 38.3 Å². The number of nitrogens with one attached hydrogen (secondary N) is 1. The van der Waals surface area contributed by atoms with Gasteiger partial charge < -0.3 is 10.1 Å². The van der Waals surface area contributed by atoms with Gasteiger partial charge in [0.2, 0.25) is 5.91 Å². The summed E-state index contributed by atoms with van der Waals surface area (Å²) in [6.45, 7) is 0.800. The minimum atomic E-state index is 0.0430. The fourth-order valence-corrected chi connectivity index (χ4v) is 2.81. The summed E-state index contributed by atoms with van der Waals surface area (Å²) in [4.78, 5) is 12.2. The molecule has 0 unspecified atom stereocenters. The average molecular weight is 292 g/mol. The molecule has 1 saturated carbocycles. The summed E-state index contributed by atoms with van der Waals surface area (Å²) >= 11 is 6.25. The van der Waals surface area contributed by atoms with Gasteiger partial charge in [0.15, 0.2) is 0 Å². The van der Waals surface area contributed by atoms with E-state index in [2.05, 4.69) is 5.32 Å². The number of hydrogen-bond acceptors (Lipinski definition) is 2. The van der Waals surface area contributed by atoms with Gasteiger partial charge in [-0.05, 0) is 49.8 Å². The summed E-state index contributed by atoms with van der Waals surface area (Å²) in [5.74, 6) is 1.58. The molecule has 0 bridgehead atoms. The van der Waals surface area contributed by atoms with Crippen molar-refractivity contribution in [3.8, 4) is 5.75 Å². The summed E-state index contributed by atoms with van der Waals surface area (Å²) in [6.07, 6.45) is 5.92. The average Bonchev–Trinajstić information content (AvgIpc) is 3.29. The van der Waals surface area contributed by atoms with E-state index in [1.807, 2.05) is 18.2 Å². The summed E-state index contributed by atoms with van der Waals surface area (Å²) < 4.78 is 5.36. The summed E-state index contributed by atoms with van der Waals surface area (Å²) in [7, 11) is 1.66. The molecule has 2 aliphatic rings. The van der Waals surface area contributed by atoms with Crippen LogP contribution in [0.3, 0.4) is 0 Å². The maximum Gasteiger partial charge on any atom is 0.247 e. The molecular formula is C16H18ClNO2. The van der Waals surface area contributed by atoms with E-state index < -0.39 is 0 Å². The maximum absolute atomic E-state index is 12.2. The van der Waals surface area contributed by atoms with Crippen LogP contribution in [-0.4, -0.2) is 19.6 Å². The van der Waals surface area contributed by atoms with Crippen LogP contribution in [0.4, 0.5) is 0 Å². The first-order valence-electron chi connectivity index (χ1n) is 7.03. The Labute approximate surface area is 124 Å². The van der Waals surface area contributed by atoms with E-state index in [0.29, 0.717) is 10.9 Å². The minimum Gasteiger partial charge on any atom is -0.496 e. The predicted octanol–water partition coefficient (Wildman–Crippen LogP) is 3.20. The third-order valence-corrected chi connectivity index (χ3v) is 4.31. The fraction of sp³-hybridized carbons (Fsp3) is 0.438. The van der Waals surface area contributed by atoms with E-state index in [1.54, 1.807) is 7.11 Å². The zero-order valence-corrected chi connectivity index (χ0v) is 12.3. The summed E-state index contributed by atoms with van der Waals surface area (Å²) in [5, 5.41) is 3.69. The Balaban J connectivity index is 1.83. The van der Waals surface area contributed by atoms with E-state index in [1.165, 1.54) is 12.8 Å². The van der Waals surface area contributed by atoms with Crippen molar-refractivity contribution in [3.63, 3.8) is 0 Å². The molecule has 0 aromatic heterocycles. The molecule has 1 aromatic rings. The van der Waals surface area contributed by atoms with Crippen LogP contribution in [0.5, 0.6) is 5.75 Å². The van der Waals surface area contributed by atoms with Gasteiger partial charge in [-0.1, -0.05) is 11.6 Å². The van der Waals surface area contributed by atoms with Crippen molar-refractivity contribution >= 4 is 23.6 Å². The van der Waals surface area contributed by atoms with Gasteiger partial charge in [0, 0.05) is 28.3 Å². The molecule has 2 aliphatic carbocycles. The SMILES string of the molecule is COc1ccc(Cl)c2c1CCC(C(=O)NCC1CC1)=C2. The van der Waals surface area contributed by atoms with Crippen LogP contribution in [-0.2, 0) is 11.2 Å². The van der Waals surface area contributed by atoms with Gasteiger partial charge >= 0.3 is 0 Å². The molecule has 0 spiro atoms. The van der Waals surface area contributed by atoms with Crippen molar-refractivity contribution in [1.29, 1.82) is 0 Å². The number of ether oxygens (including phenoxy) is 1. The molecule has 20 heavy (non-hydrogen) atoms. The smallest absolute Gasteiger partial charge is 0.247 e. The number of benzene rings is 1. The molecular weight excluding hydrogens is 274 g/mol. The van der Waals surface area contributed by atoms with Crippen LogP contribution in [0.15, 0.2) is 17.7 Å². The lowest BCUT2D eigenvalue weighted by molar-refractivity contribution is -0.117. The predicted molar refractivity (Wildman–Crippen MR) is 80.0 cm³/mol. The van der Waals surface area contributed by atoms with Crippen LogP contribution in [0.25, 0.3) is 6.08 Å². The van der Waals surface area contributed by atoms with E-state index in [9.17, 15) is 4.79 Å². The third-order valence-electron chi connectivity index (χ3n) is 3.98. The summed E-state index contributed by atoms with van der Waals surface area (Å²) in [5.41, 5.74) is 2.83. The molecule has 0 heterocycles. The third kappa shape index (κ3) is 2.68. The summed E-state index contributed by atoms with van der Waals surface area (Å²) in [6, 6.07) is 3.70. The van der Waals surface area contributed by atoms with E-state index >= 15 is 0 Å². The number of carbonyl (C=O) groups is 1. The number of rotatable bonds is 4. The number of hydrogen-bond donors (Lipinski definition) is 1. The molecule has 1 aromatic carbocycles. The van der Waals surface area contributed by atoms with Gasteiger partial charge in [-0.2, -0.15) is 0 Å². The molecule has 1 N–H and O–H groups in total. The van der Waals surface area contributed by atoms with Gasteiger partial charge in [0.1, 0.15) is 5.75 Å². The molecule has 0 aliphatic heterocycles. The Morgan fingerprint density at radius 3 is 2.90 bits per heavy atom. The molecule has 0 saturated heterocycles. The Morgan fingerprint density at radius 2 is 2.20 bits per heavy atom. The second-order valence-corrected chi connectivity index (χ2v) is 5.87. The molecule has 106 valence electrons. The number of amides is 1. The minimum absolute atomic E-state index is 0.0430. The molecule has 3 rings (SSSR count). The number of carbonyl (C=O) groups excluding carboxylic acids is 1. The van der Waals surface area contributed by atoms with Crippen LogP contribution in [0, 0.1) is 5.92 Å². The van der Waals surface area contributed by atoms with Gasteiger partial charge in [0.25, 0.3) is 0 Å². The van der Waals surface area contributed by atoms with Crippen LogP contribution < -0.4 is 10.1 Å². The second-order valence-electron chi connectivity index (χ2n) is 5.46. The largest absolute Gasteiger partial charge is 0.496 e. The molecule has 0 radical (unpaired) electrons. The quantitative estimate of drug-likeness (QED) is 0.925. The Morgan fingerprint density at radius 1 is 1.40 bits per heavy atom. The number of fused-ring (bicyclic) bond motifs is 1. The second kappa shape index (κ2) is 5.49. The first kappa shape index (κ1) is 13.5. The molecule has 1 amide bonds. The highest BCUT2D eigenvalue weighted by Crippen LogP contribution is 2.36. The molecule has 3 nitrogen and oxygen atoms in total. The van der Waals surface area contributed by atoms with Gasteiger partial charge in [-0.25, -0.2) is 0 Å². The number of methoxy groups -OCH3 is 1. The maximum atomic E-state index is 12.2. The highest BCUT2D eigenvalue weighted by atomic mass is 35.5. The van der Waals surface area contributed by atoms with Crippen molar-refractivity contribution in [1.82, 2.24) is 5.32 Å². The lowest BCUT2D eigenvalue weighted by atomic mass is 9.91. The van der Waals surface area contributed by atoms with Gasteiger partial charge in [-0.3, -0.25) is 4.79 Å². The van der Waals surface area contributed by atoms with E-state index in [4.69, 9.17) is 16.3 Å². The standard InChI is InChI=1S/C16H18ClNO2/c1-20-15-7-6-14(17)13-8-11(4-5-12(13)15)16(19)18-9-10-2-3-10/h6-8,10H,2-5,9H2,1H3,(H,18,19). The van der Waals surface area contributed by atoms with E-state index in [0.717, 1.165) is 41.8 Å². The first-order chi connectivity index (χ1) is 9.69. The number of halogens is 1. The van der Waals surface area contributed by atoms with Crippen molar-refractivity contribution in [2.24, 2.45) is 5.92 Å². The fourth-order valence-electron chi connectivity index (χ4n) is 2.58. The molecule has 1 fully saturated rings. The highest BCUT2D eigenvalue weighted by Gasteiger charge is 2.24. The van der Waals surface area contributed by atoms with Crippen molar-refractivity contribution in [2.45, 2.75) is 25.7 Å². The van der Waals surface area contributed by atoms with Gasteiger partial charge in [-0.15, -0.1) is 0 Å². The molecule has 4 heteroatoms. The zero-order valence-electron chi connectivity index (χ0n) is 11.5. The zero-order chi connectivity index (χ0) is 14.1. The lowest BCUT2D eigenvalue weighted by Gasteiger charge is -2.19. The lowest BCUT2D eigenvalue weighted by Crippen LogP contribution is -2.28. The van der Waals surface area contributed by atoms with Crippen LogP contribution in [0.1, 0.15) is 30.4 Å². The normalized spacial score (nSPS) is 17.2. The highest BCUT2D eigenvalue weighted by molar-refractivity contribution is 6.32. The Hall–Kier alpha value is -1.48. The Bertz CT molecular complexity index is 576. The first-order valence-corrected chi connectivity index (χ1v) is 7.41. The molecule has 0 atom stereocenters. The van der Waals surface area contributed by atoms with E-state index in [-0.39, 0.29) is 5.91 Å². The van der Waals surface area contributed by atoms with Crippen LogP contribution in [0.2, 0.25) is 5.02 Å². The van der Waals surface area contributed by atoms with Gasteiger partial charge in [0.05, 0.1) is 7.11 Å². The Kier molecular flexibility index (Phi) is 3.70. The van der Waals surface area contributed by atoms with Crippen molar-refractivity contribution in [3.05, 3.63) is 33.9 Å².